The van der Waals surface area contributed by atoms with Crippen LogP contribution in [0.15, 0.2) is 18.2 Å². The summed E-state index contributed by atoms with van der Waals surface area (Å²) in [6, 6.07) is 6.34. The molecule has 1 fully saturated rings. The van der Waals surface area contributed by atoms with Crippen LogP contribution in [0.5, 0.6) is 5.75 Å². The molecular formula is C12H17NO. The summed E-state index contributed by atoms with van der Waals surface area (Å²) < 4.78 is 5.90. The lowest BCUT2D eigenvalue weighted by molar-refractivity contribution is 0.221. The molecule has 0 spiro atoms. The number of aryl methyl sites for hydroxylation is 2. The fourth-order valence-corrected chi connectivity index (χ4v) is 1.84. The third-order valence-corrected chi connectivity index (χ3v) is 2.64. The average Bonchev–Trinajstić information content (AvgIpc) is 2.62. The first-order chi connectivity index (χ1) is 6.75. The quantitative estimate of drug-likeness (QED) is 0.772. The summed E-state index contributed by atoms with van der Waals surface area (Å²) in [7, 11) is 0. The highest BCUT2D eigenvalue weighted by atomic mass is 16.5. The van der Waals surface area contributed by atoms with Crippen molar-refractivity contribution >= 4 is 0 Å². The Labute approximate surface area is 85.3 Å². The van der Waals surface area contributed by atoms with Gasteiger partial charge in [-0.05, 0) is 38.4 Å². The van der Waals surface area contributed by atoms with E-state index >= 15 is 0 Å². The van der Waals surface area contributed by atoms with Crippen LogP contribution in [0.2, 0.25) is 0 Å². The van der Waals surface area contributed by atoms with Gasteiger partial charge in [-0.15, -0.1) is 0 Å². The summed E-state index contributed by atoms with van der Waals surface area (Å²) in [5, 5.41) is 3.30. The molecule has 0 aliphatic carbocycles. The molecule has 0 saturated carbocycles. The van der Waals surface area contributed by atoms with Crippen molar-refractivity contribution < 1.29 is 4.74 Å². The highest BCUT2D eigenvalue weighted by molar-refractivity contribution is 5.35. The minimum atomic E-state index is 0.358. The Morgan fingerprint density at radius 1 is 1.36 bits per heavy atom. The Balaban J connectivity index is 2.08. The van der Waals surface area contributed by atoms with E-state index in [4.69, 9.17) is 4.74 Å². The molecule has 2 rings (SSSR count). The summed E-state index contributed by atoms with van der Waals surface area (Å²) in [4.78, 5) is 0. The third kappa shape index (κ3) is 2.07. The lowest BCUT2D eigenvalue weighted by atomic mass is 10.1. The van der Waals surface area contributed by atoms with Crippen molar-refractivity contribution in [2.75, 3.05) is 13.1 Å². The van der Waals surface area contributed by atoms with Crippen LogP contribution < -0.4 is 10.1 Å². The van der Waals surface area contributed by atoms with E-state index in [0.717, 1.165) is 25.3 Å². The van der Waals surface area contributed by atoms with E-state index in [9.17, 15) is 0 Å². The van der Waals surface area contributed by atoms with Gasteiger partial charge < -0.3 is 10.1 Å². The van der Waals surface area contributed by atoms with Gasteiger partial charge >= 0.3 is 0 Å². The topological polar surface area (TPSA) is 21.3 Å². The maximum Gasteiger partial charge on any atom is 0.122 e. The number of nitrogens with one attached hydrogen (secondary N) is 1. The Kier molecular flexibility index (Phi) is 2.73. The van der Waals surface area contributed by atoms with E-state index in [-0.39, 0.29) is 0 Å². The molecule has 1 aromatic carbocycles. The van der Waals surface area contributed by atoms with E-state index in [0.29, 0.717) is 6.10 Å². The predicted octanol–water partition coefficient (Wildman–Crippen LogP) is 2.04. The maximum absolute atomic E-state index is 5.90. The molecule has 1 aliphatic heterocycles. The second kappa shape index (κ2) is 4.01. The van der Waals surface area contributed by atoms with Crippen molar-refractivity contribution in [2.24, 2.45) is 0 Å². The molecule has 14 heavy (non-hydrogen) atoms. The second-order valence-electron chi connectivity index (χ2n) is 4.00. The van der Waals surface area contributed by atoms with Crippen molar-refractivity contribution in [1.29, 1.82) is 0 Å². The molecule has 76 valence electrons. The average molecular weight is 191 g/mol. The standard InChI is InChI=1S/C12H17NO/c1-9-3-4-12(10(2)7-9)14-11-5-6-13-8-11/h3-4,7,11,13H,5-6,8H2,1-2H3/t11-/m0/s1. The van der Waals surface area contributed by atoms with Gasteiger partial charge in [-0.1, -0.05) is 17.7 Å². The molecule has 1 heterocycles. The minimum absolute atomic E-state index is 0.358. The molecule has 1 atom stereocenters. The highest BCUT2D eigenvalue weighted by Crippen LogP contribution is 2.21. The van der Waals surface area contributed by atoms with Gasteiger partial charge in [-0.3, -0.25) is 0 Å². The lowest BCUT2D eigenvalue weighted by Crippen LogP contribution is -2.19. The summed E-state index contributed by atoms with van der Waals surface area (Å²) in [5.74, 6) is 1.03. The molecule has 0 radical (unpaired) electrons. The van der Waals surface area contributed by atoms with Crippen molar-refractivity contribution in [2.45, 2.75) is 26.4 Å². The van der Waals surface area contributed by atoms with E-state index in [1.165, 1.54) is 11.1 Å². The fourth-order valence-electron chi connectivity index (χ4n) is 1.84. The summed E-state index contributed by atoms with van der Waals surface area (Å²) in [5.41, 5.74) is 2.52. The van der Waals surface area contributed by atoms with Crippen LogP contribution in [0.1, 0.15) is 17.5 Å². The number of hydrogen-bond donors (Lipinski definition) is 1. The van der Waals surface area contributed by atoms with Crippen LogP contribution in [0.4, 0.5) is 0 Å². The fraction of sp³-hybridized carbons (Fsp3) is 0.500. The molecule has 1 aliphatic rings. The Hall–Kier alpha value is -1.02. The zero-order valence-corrected chi connectivity index (χ0v) is 8.84. The van der Waals surface area contributed by atoms with Crippen LogP contribution in [0, 0.1) is 13.8 Å². The zero-order chi connectivity index (χ0) is 9.97. The van der Waals surface area contributed by atoms with Gasteiger partial charge in [0, 0.05) is 6.54 Å². The predicted molar refractivity (Wildman–Crippen MR) is 57.8 cm³/mol. The molecule has 0 bridgehead atoms. The number of benzene rings is 1. The van der Waals surface area contributed by atoms with Crippen LogP contribution in [-0.2, 0) is 0 Å². The van der Waals surface area contributed by atoms with Gasteiger partial charge in [-0.25, -0.2) is 0 Å². The van der Waals surface area contributed by atoms with Crippen LogP contribution >= 0.6 is 0 Å². The molecule has 1 saturated heterocycles. The molecule has 2 nitrogen and oxygen atoms in total. The normalized spacial score (nSPS) is 21.1. The second-order valence-corrected chi connectivity index (χ2v) is 4.00. The number of ether oxygens (including phenoxy) is 1. The first kappa shape index (κ1) is 9.53. The van der Waals surface area contributed by atoms with Gasteiger partial charge in [0.15, 0.2) is 0 Å². The van der Waals surface area contributed by atoms with E-state index in [2.05, 4.69) is 37.4 Å². The van der Waals surface area contributed by atoms with Crippen LogP contribution in [0.25, 0.3) is 0 Å². The number of hydrogen-bond acceptors (Lipinski definition) is 2. The molecule has 1 N–H and O–H groups in total. The summed E-state index contributed by atoms with van der Waals surface area (Å²) in [6.07, 6.45) is 1.48. The van der Waals surface area contributed by atoms with Crippen molar-refractivity contribution in [3.63, 3.8) is 0 Å². The Morgan fingerprint density at radius 2 is 2.21 bits per heavy atom. The zero-order valence-electron chi connectivity index (χ0n) is 8.84. The largest absolute Gasteiger partial charge is 0.489 e. The monoisotopic (exact) mass is 191 g/mol. The molecule has 0 aromatic heterocycles. The van der Waals surface area contributed by atoms with Gasteiger partial charge in [-0.2, -0.15) is 0 Å². The summed E-state index contributed by atoms with van der Waals surface area (Å²) >= 11 is 0. The molecule has 0 amide bonds. The van der Waals surface area contributed by atoms with E-state index < -0.39 is 0 Å². The highest BCUT2D eigenvalue weighted by Gasteiger charge is 2.16. The maximum atomic E-state index is 5.90. The van der Waals surface area contributed by atoms with E-state index in [1.807, 2.05) is 0 Å². The van der Waals surface area contributed by atoms with Crippen LogP contribution in [-0.4, -0.2) is 19.2 Å². The molecule has 1 aromatic rings. The van der Waals surface area contributed by atoms with Crippen LogP contribution in [0.3, 0.4) is 0 Å². The molecule has 0 unspecified atom stereocenters. The third-order valence-electron chi connectivity index (χ3n) is 2.64. The minimum Gasteiger partial charge on any atom is -0.489 e. The molecular weight excluding hydrogens is 174 g/mol. The smallest absolute Gasteiger partial charge is 0.122 e. The first-order valence-electron chi connectivity index (χ1n) is 5.20. The van der Waals surface area contributed by atoms with E-state index in [1.54, 1.807) is 0 Å². The summed E-state index contributed by atoms with van der Waals surface area (Å²) in [6.45, 7) is 6.27. The van der Waals surface area contributed by atoms with Gasteiger partial charge in [0.05, 0.1) is 0 Å². The number of rotatable bonds is 2. The lowest BCUT2D eigenvalue weighted by Gasteiger charge is -2.14. The van der Waals surface area contributed by atoms with Gasteiger partial charge in [0.2, 0.25) is 0 Å². The Morgan fingerprint density at radius 3 is 2.86 bits per heavy atom. The SMILES string of the molecule is Cc1ccc(O[C@H]2CCNC2)c(C)c1. The first-order valence-corrected chi connectivity index (χ1v) is 5.20. The Bertz CT molecular complexity index is 316. The van der Waals surface area contributed by atoms with Gasteiger partial charge in [0.25, 0.3) is 0 Å². The molecule has 2 heteroatoms. The van der Waals surface area contributed by atoms with Crippen molar-refractivity contribution in [1.82, 2.24) is 5.32 Å². The van der Waals surface area contributed by atoms with Crippen molar-refractivity contribution in [3.05, 3.63) is 29.3 Å². The van der Waals surface area contributed by atoms with Crippen molar-refractivity contribution in [3.8, 4) is 5.75 Å². The van der Waals surface area contributed by atoms with Gasteiger partial charge in [0.1, 0.15) is 11.9 Å².